The highest BCUT2D eigenvalue weighted by molar-refractivity contribution is 6.34. The first kappa shape index (κ1) is 25.4. The van der Waals surface area contributed by atoms with E-state index in [9.17, 15) is 31.9 Å². The molecule has 1 saturated heterocycles. The van der Waals surface area contributed by atoms with Crippen LogP contribution < -0.4 is 10.6 Å². The molecule has 3 rings (SSSR count). The highest BCUT2D eigenvalue weighted by Gasteiger charge is 2.52. The average molecular weight is 503 g/mol. The number of rotatable bonds is 6. The maximum absolute atomic E-state index is 15.0. The standard InChI is InChI=1S/C22H19ClF4N2O5/c1-11(28-19(31)21(9-34-10-21)29-20(32)22(25,26)27)13-7-6-12(8-16(13)24)14-4-3-5-15(23)17(14)18(30)33-2/h3-8,11H,9-10H2,1-2H3,(H,28,31)(H,29,32). The molecule has 0 aromatic heterocycles. The number of esters is 1. The molecule has 0 saturated carbocycles. The van der Waals surface area contributed by atoms with Gasteiger partial charge in [0.2, 0.25) is 0 Å². The molecule has 1 unspecified atom stereocenters. The second kappa shape index (κ2) is 9.59. The Morgan fingerprint density at radius 3 is 2.38 bits per heavy atom. The second-order valence-electron chi connectivity index (χ2n) is 7.61. The zero-order chi connectivity index (χ0) is 25.3. The molecule has 7 nitrogen and oxygen atoms in total. The molecule has 0 aliphatic carbocycles. The van der Waals surface area contributed by atoms with E-state index in [-0.39, 0.29) is 16.1 Å². The average Bonchev–Trinajstić information content (AvgIpc) is 2.74. The van der Waals surface area contributed by atoms with E-state index in [1.165, 1.54) is 32.2 Å². The Bertz CT molecular complexity index is 1130. The molecule has 1 heterocycles. The van der Waals surface area contributed by atoms with Crippen molar-refractivity contribution in [3.8, 4) is 11.1 Å². The van der Waals surface area contributed by atoms with Crippen LogP contribution in [0.15, 0.2) is 36.4 Å². The fourth-order valence-corrected chi connectivity index (χ4v) is 3.64. The van der Waals surface area contributed by atoms with E-state index in [4.69, 9.17) is 21.1 Å². The first-order chi connectivity index (χ1) is 15.9. The number of carbonyl (C=O) groups excluding carboxylic acids is 3. The monoisotopic (exact) mass is 502 g/mol. The molecule has 2 N–H and O–H groups in total. The molecule has 34 heavy (non-hydrogen) atoms. The van der Waals surface area contributed by atoms with Crippen molar-refractivity contribution in [2.45, 2.75) is 24.7 Å². The van der Waals surface area contributed by atoms with Crippen LogP contribution in [-0.4, -0.2) is 49.8 Å². The predicted octanol–water partition coefficient (Wildman–Crippen LogP) is 3.56. The number of benzene rings is 2. The van der Waals surface area contributed by atoms with Gasteiger partial charge in [0.1, 0.15) is 5.82 Å². The molecule has 12 heteroatoms. The lowest BCUT2D eigenvalue weighted by Gasteiger charge is -2.41. The number of carbonyl (C=O) groups is 3. The summed E-state index contributed by atoms with van der Waals surface area (Å²) in [5, 5.41) is 4.17. The molecule has 0 radical (unpaired) electrons. The highest BCUT2D eigenvalue weighted by Crippen LogP contribution is 2.32. The minimum Gasteiger partial charge on any atom is -0.465 e. The summed E-state index contributed by atoms with van der Waals surface area (Å²) in [6, 6.07) is 7.63. The first-order valence-electron chi connectivity index (χ1n) is 9.84. The van der Waals surface area contributed by atoms with Crippen molar-refractivity contribution >= 4 is 29.4 Å². The lowest BCUT2D eigenvalue weighted by molar-refractivity contribution is -0.184. The Labute approximate surface area is 196 Å². The summed E-state index contributed by atoms with van der Waals surface area (Å²) < 4.78 is 62.4. The molecule has 2 amide bonds. The van der Waals surface area contributed by atoms with E-state index < -0.39 is 54.6 Å². The third-order valence-electron chi connectivity index (χ3n) is 5.27. The zero-order valence-corrected chi connectivity index (χ0v) is 18.6. The quantitative estimate of drug-likeness (QED) is 0.465. The summed E-state index contributed by atoms with van der Waals surface area (Å²) in [7, 11) is 1.18. The topological polar surface area (TPSA) is 93.7 Å². The Kier molecular flexibility index (Phi) is 7.18. The van der Waals surface area contributed by atoms with Crippen LogP contribution in [0.2, 0.25) is 5.02 Å². The minimum atomic E-state index is -5.18. The van der Waals surface area contributed by atoms with Crippen molar-refractivity contribution in [3.05, 3.63) is 58.4 Å². The fourth-order valence-electron chi connectivity index (χ4n) is 3.39. The lowest BCUT2D eigenvalue weighted by atomic mass is 9.94. The summed E-state index contributed by atoms with van der Waals surface area (Å²) in [5.74, 6) is -4.69. The van der Waals surface area contributed by atoms with E-state index in [0.29, 0.717) is 11.1 Å². The summed E-state index contributed by atoms with van der Waals surface area (Å²) in [5.41, 5.74) is -1.21. The van der Waals surface area contributed by atoms with E-state index in [1.54, 1.807) is 17.4 Å². The van der Waals surface area contributed by atoms with Gasteiger partial charge in [-0.15, -0.1) is 0 Å². The van der Waals surface area contributed by atoms with Gasteiger partial charge in [0.25, 0.3) is 5.91 Å². The molecule has 182 valence electrons. The van der Waals surface area contributed by atoms with Gasteiger partial charge in [-0.3, -0.25) is 9.59 Å². The number of methoxy groups -OCH3 is 1. The van der Waals surface area contributed by atoms with Gasteiger partial charge in [0.15, 0.2) is 5.54 Å². The number of ether oxygens (including phenoxy) is 2. The summed E-state index contributed by atoms with van der Waals surface area (Å²) in [6.07, 6.45) is -5.18. The minimum absolute atomic E-state index is 0.0243. The van der Waals surface area contributed by atoms with Gasteiger partial charge in [0, 0.05) is 5.56 Å². The van der Waals surface area contributed by atoms with Crippen molar-refractivity contribution in [1.82, 2.24) is 10.6 Å². The van der Waals surface area contributed by atoms with Crippen molar-refractivity contribution in [1.29, 1.82) is 0 Å². The van der Waals surface area contributed by atoms with E-state index in [0.717, 1.165) is 6.07 Å². The van der Waals surface area contributed by atoms with E-state index in [1.807, 2.05) is 0 Å². The molecule has 1 aliphatic rings. The Morgan fingerprint density at radius 2 is 1.85 bits per heavy atom. The summed E-state index contributed by atoms with van der Waals surface area (Å²) >= 11 is 6.11. The van der Waals surface area contributed by atoms with Crippen molar-refractivity contribution in [2.75, 3.05) is 20.3 Å². The van der Waals surface area contributed by atoms with Gasteiger partial charge in [0.05, 0.1) is 37.0 Å². The number of hydrogen-bond acceptors (Lipinski definition) is 5. The molecule has 1 atom stereocenters. The van der Waals surface area contributed by atoms with Crippen molar-refractivity contribution < 1.29 is 41.4 Å². The number of alkyl halides is 3. The molecule has 2 aromatic carbocycles. The third kappa shape index (κ3) is 5.00. The zero-order valence-electron chi connectivity index (χ0n) is 17.9. The van der Waals surface area contributed by atoms with Crippen LogP contribution in [0.5, 0.6) is 0 Å². The summed E-state index contributed by atoms with van der Waals surface area (Å²) in [4.78, 5) is 36.0. The van der Waals surface area contributed by atoms with Crippen LogP contribution in [0, 0.1) is 5.82 Å². The van der Waals surface area contributed by atoms with Crippen LogP contribution in [0.4, 0.5) is 17.6 Å². The summed E-state index contributed by atoms with van der Waals surface area (Å²) in [6.45, 7) is 0.508. The highest BCUT2D eigenvalue weighted by atomic mass is 35.5. The molecule has 1 fully saturated rings. The van der Waals surface area contributed by atoms with E-state index >= 15 is 0 Å². The molecular formula is C22H19ClF4N2O5. The molecule has 1 aliphatic heterocycles. The second-order valence-corrected chi connectivity index (χ2v) is 8.02. The number of halogens is 5. The van der Waals surface area contributed by atoms with Gasteiger partial charge in [-0.05, 0) is 30.2 Å². The Hall–Kier alpha value is -3.18. The Balaban J connectivity index is 1.82. The molecular weight excluding hydrogens is 484 g/mol. The van der Waals surface area contributed by atoms with Crippen LogP contribution >= 0.6 is 11.6 Å². The smallest absolute Gasteiger partial charge is 0.465 e. The van der Waals surface area contributed by atoms with Crippen LogP contribution in [0.3, 0.4) is 0 Å². The number of amides is 2. The SMILES string of the molecule is COC(=O)c1c(Cl)cccc1-c1ccc(C(C)NC(=O)C2(NC(=O)C(F)(F)F)COC2)c(F)c1. The molecule has 0 bridgehead atoms. The van der Waals surface area contributed by atoms with E-state index in [2.05, 4.69) is 5.32 Å². The van der Waals surface area contributed by atoms with Gasteiger partial charge in [-0.2, -0.15) is 13.2 Å². The molecule has 2 aromatic rings. The number of nitrogens with one attached hydrogen (secondary N) is 2. The number of hydrogen-bond donors (Lipinski definition) is 2. The van der Waals surface area contributed by atoms with Gasteiger partial charge in [-0.25, -0.2) is 9.18 Å². The van der Waals surface area contributed by atoms with Crippen LogP contribution in [-0.2, 0) is 19.1 Å². The van der Waals surface area contributed by atoms with Crippen LogP contribution in [0.25, 0.3) is 11.1 Å². The van der Waals surface area contributed by atoms with Crippen LogP contribution in [0.1, 0.15) is 28.9 Å². The van der Waals surface area contributed by atoms with Crippen molar-refractivity contribution in [2.24, 2.45) is 0 Å². The van der Waals surface area contributed by atoms with Gasteiger partial charge < -0.3 is 20.1 Å². The molecule has 0 spiro atoms. The predicted molar refractivity (Wildman–Crippen MR) is 112 cm³/mol. The first-order valence-corrected chi connectivity index (χ1v) is 10.2. The fraction of sp³-hybridized carbons (Fsp3) is 0.318. The lowest BCUT2D eigenvalue weighted by Crippen LogP contribution is -2.71. The largest absolute Gasteiger partial charge is 0.471 e. The van der Waals surface area contributed by atoms with Gasteiger partial charge in [-0.1, -0.05) is 35.9 Å². The Morgan fingerprint density at radius 1 is 1.18 bits per heavy atom. The van der Waals surface area contributed by atoms with Gasteiger partial charge >= 0.3 is 18.1 Å². The third-order valence-corrected chi connectivity index (χ3v) is 5.59. The maximum Gasteiger partial charge on any atom is 0.471 e. The van der Waals surface area contributed by atoms with Crippen molar-refractivity contribution in [3.63, 3.8) is 0 Å². The maximum atomic E-state index is 15.0. The normalized spacial score (nSPS) is 15.6.